The van der Waals surface area contributed by atoms with Crippen LogP contribution in [0.2, 0.25) is 5.02 Å². The number of hydrogen-bond acceptors (Lipinski definition) is 1. The summed E-state index contributed by atoms with van der Waals surface area (Å²) in [6.45, 7) is 5.34. The maximum absolute atomic E-state index is 5.78. The van der Waals surface area contributed by atoms with Crippen molar-refractivity contribution in [3.63, 3.8) is 0 Å². The molecule has 1 rings (SSSR count). The van der Waals surface area contributed by atoms with Crippen LogP contribution in [0.4, 0.5) is 5.69 Å². The lowest BCUT2D eigenvalue weighted by molar-refractivity contribution is 0.640. The van der Waals surface area contributed by atoms with Crippen molar-refractivity contribution in [1.82, 2.24) is 0 Å². The van der Waals surface area contributed by atoms with Gasteiger partial charge in [-0.3, -0.25) is 0 Å². The molecular formula is C12H17ClN. The highest BCUT2D eigenvalue weighted by Gasteiger charge is 1.98. The molecule has 1 radical (unpaired) electrons. The second kappa shape index (κ2) is 5.92. The topological polar surface area (TPSA) is 12.0 Å². The highest BCUT2D eigenvalue weighted by molar-refractivity contribution is 6.30. The summed E-state index contributed by atoms with van der Waals surface area (Å²) in [5, 5.41) is 4.10. The number of rotatable bonds is 5. The zero-order chi connectivity index (χ0) is 10.4. The molecule has 1 N–H and O–H groups in total. The first-order valence-corrected chi connectivity index (χ1v) is 5.43. The van der Waals surface area contributed by atoms with Crippen LogP contribution in [0.3, 0.4) is 0 Å². The van der Waals surface area contributed by atoms with E-state index in [1.807, 2.05) is 24.3 Å². The van der Waals surface area contributed by atoms with Gasteiger partial charge in [0.15, 0.2) is 0 Å². The average molecular weight is 211 g/mol. The van der Waals surface area contributed by atoms with E-state index >= 15 is 0 Å². The monoisotopic (exact) mass is 210 g/mol. The average Bonchev–Trinajstić information content (AvgIpc) is 2.21. The molecule has 0 heterocycles. The minimum absolute atomic E-state index is 0.676. The van der Waals surface area contributed by atoms with E-state index in [1.165, 1.54) is 6.42 Å². The van der Waals surface area contributed by atoms with Gasteiger partial charge in [-0.05, 0) is 36.6 Å². The van der Waals surface area contributed by atoms with E-state index in [4.69, 9.17) is 11.6 Å². The summed E-state index contributed by atoms with van der Waals surface area (Å²) in [6.07, 6.45) is 3.48. The third-order valence-corrected chi connectivity index (χ3v) is 2.57. The molecule has 1 unspecified atom stereocenters. The first kappa shape index (κ1) is 11.4. The third kappa shape index (κ3) is 4.01. The summed E-state index contributed by atoms with van der Waals surface area (Å²) in [4.78, 5) is 0. The Hall–Kier alpha value is -0.690. The molecule has 0 fully saturated rings. The van der Waals surface area contributed by atoms with Crippen LogP contribution in [0.15, 0.2) is 24.3 Å². The Morgan fingerprint density at radius 2 is 2.00 bits per heavy atom. The number of benzene rings is 1. The van der Waals surface area contributed by atoms with E-state index in [0.29, 0.717) is 5.92 Å². The van der Waals surface area contributed by atoms with Gasteiger partial charge < -0.3 is 5.32 Å². The molecule has 2 heteroatoms. The van der Waals surface area contributed by atoms with Crippen LogP contribution in [0, 0.1) is 12.3 Å². The first-order valence-electron chi connectivity index (χ1n) is 5.05. The summed E-state index contributed by atoms with van der Waals surface area (Å²) >= 11 is 5.78. The normalized spacial score (nSPS) is 12.5. The fourth-order valence-corrected chi connectivity index (χ4v) is 1.24. The molecule has 14 heavy (non-hydrogen) atoms. The number of hydrogen-bond donors (Lipinski definition) is 1. The van der Waals surface area contributed by atoms with Crippen molar-refractivity contribution >= 4 is 17.3 Å². The van der Waals surface area contributed by atoms with E-state index in [9.17, 15) is 0 Å². The zero-order valence-corrected chi connectivity index (χ0v) is 9.51. The second-order valence-electron chi connectivity index (χ2n) is 3.51. The molecule has 0 aliphatic carbocycles. The van der Waals surface area contributed by atoms with Gasteiger partial charge in [0.2, 0.25) is 0 Å². The van der Waals surface area contributed by atoms with E-state index < -0.39 is 0 Å². The smallest absolute Gasteiger partial charge is 0.0407 e. The molecule has 0 bridgehead atoms. The van der Waals surface area contributed by atoms with Crippen LogP contribution in [0.1, 0.15) is 20.3 Å². The van der Waals surface area contributed by atoms with Gasteiger partial charge in [-0.1, -0.05) is 31.9 Å². The Balaban J connectivity index is 2.28. The Kier molecular flexibility index (Phi) is 4.81. The van der Waals surface area contributed by atoms with Crippen LogP contribution in [-0.4, -0.2) is 6.54 Å². The van der Waals surface area contributed by atoms with Gasteiger partial charge in [0.05, 0.1) is 0 Å². The predicted molar refractivity (Wildman–Crippen MR) is 63.7 cm³/mol. The van der Waals surface area contributed by atoms with Gasteiger partial charge in [-0.2, -0.15) is 0 Å². The minimum atomic E-state index is 0.676. The summed E-state index contributed by atoms with van der Waals surface area (Å²) in [5.41, 5.74) is 1.12. The molecule has 0 aliphatic heterocycles. The third-order valence-electron chi connectivity index (χ3n) is 2.31. The molecule has 1 atom stereocenters. The van der Waals surface area contributed by atoms with E-state index in [0.717, 1.165) is 17.3 Å². The van der Waals surface area contributed by atoms with Crippen molar-refractivity contribution in [2.75, 3.05) is 11.9 Å². The fourth-order valence-electron chi connectivity index (χ4n) is 1.11. The maximum Gasteiger partial charge on any atom is 0.0407 e. The Morgan fingerprint density at radius 1 is 1.36 bits per heavy atom. The van der Waals surface area contributed by atoms with Crippen molar-refractivity contribution in [1.29, 1.82) is 0 Å². The molecular weight excluding hydrogens is 194 g/mol. The van der Waals surface area contributed by atoms with E-state index in [1.54, 1.807) is 0 Å². The summed E-state index contributed by atoms with van der Waals surface area (Å²) in [6, 6.07) is 7.78. The Bertz CT molecular complexity index is 256. The van der Waals surface area contributed by atoms with Crippen molar-refractivity contribution in [2.24, 2.45) is 5.92 Å². The lowest BCUT2D eigenvalue weighted by Crippen LogP contribution is -2.06. The Morgan fingerprint density at radius 3 is 2.57 bits per heavy atom. The lowest BCUT2D eigenvalue weighted by Gasteiger charge is -2.09. The highest BCUT2D eigenvalue weighted by atomic mass is 35.5. The number of nitrogens with one attached hydrogen (secondary N) is 1. The molecule has 77 valence electrons. The SMILES string of the molecule is CCC(C)[CH]CNc1ccc(Cl)cc1. The lowest BCUT2D eigenvalue weighted by atomic mass is 10.1. The molecule has 0 aliphatic rings. The van der Waals surface area contributed by atoms with Gasteiger partial charge in [0.1, 0.15) is 0 Å². The number of anilines is 1. The van der Waals surface area contributed by atoms with Gasteiger partial charge in [0, 0.05) is 17.3 Å². The molecule has 0 spiro atoms. The molecule has 0 amide bonds. The summed E-state index contributed by atoms with van der Waals surface area (Å²) < 4.78 is 0. The zero-order valence-electron chi connectivity index (χ0n) is 8.76. The van der Waals surface area contributed by atoms with Crippen molar-refractivity contribution in [3.8, 4) is 0 Å². The predicted octanol–water partition coefficient (Wildman–Crippen LogP) is 4.00. The van der Waals surface area contributed by atoms with Crippen LogP contribution in [-0.2, 0) is 0 Å². The number of halogens is 1. The summed E-state index contributed by atoms with van der Waals surface area (Å²) in [5.74, 6) is 0.676. The first-order chi connectivity index (χ1) is 6.72. The van der Waals surface area contributed by atoms with Crippen LogP contribution < -0.4 is 5.32 Å². The summed E-state index contributed by atoms with van der Waals surface area (Å²) in [7, 11) is 0. The molecule has 0 aromatic heterocycles. The van der Waals surface area contributed by atoms with Gasteiger partial charge >= 0.3 is 0 Å². The van der Waals surface area contributed by atoms with Crippen molar-refractivity contribution in [3.05, 3.63) is 35.7 Å². The van der Waals surface area contributed by atoms with Crippen LogP contribution in [0.5, 0.6) is 0 Å². The van der Waals surface area contributed by atoms with Crippen LogP contribution in [0.25, 0.3) is 0 Å². The molecule has 1 aromatic carbocycles. The molecule has 0 saturated carbocycles. The minimum Gasteiger partial charge on any atom is -0.385 e. The standard InChI is InChI=1S/C12H17ClN/c1-3-10(2)8-9-14-12-6-4-11(13)5-7-12/h4-8,10,14H,3,9H2,1-2H3. The fraction of sp³-hybridized carbons (Fsp3) is 0.417. The second-order valence-corrected chi connectivity index (χ2v) is 3.95. The van der Waals surface area contributed by atoms with Gasteiger partial charge in [-0.15, -0.1) is 0 Å². The van der Waals surface area contributed by atoms with Crippen molar-refractivity contribution < 1.29 is 0 Å². The molecule has 1 nitrogen and oxygen atoms in total. The van der Waals surface area contributed by atoms with Gasteiger partial charge in [-0.25, -0.2) is 0 Å². The van der Waals surface area contributed by atoms with E-state index in [2.05, 4.69) is 25.6 Å². The van der Waals surface area contributed by atoms with Gasteiger partial charge in [0.25, 0.3) is 0 Å². The van der Waals surface area contributed by atoms with E-state index in [-0.39, 0.29) is 0 Å². The molecule has 1 aromatic rings. The molecule has 0 saturated heterocycles. The maximum atomic E-state index is 5.78. The highest BCUT2D eigenvalue weighted by Crippen LogP contribution is 2.13. The Labute approximate surface area is 91.5 Å². The quantitative estimate of drug-likeness (QED) is 0.775. The van der Waals surface area contributed by atoms with Crippen LogP contribution >= 0.6 is 11.6 Å². The largest absolute Gasteiger partial charge is 0.385 e. The van der Waals surface area contributed by atoms with Crippen molar-refractivity contribution in [2.45, 2.75) is 20.3 Å².